The van der Waals surface area contributed by atoms with Crippen LogP contribution in [-0.4, -0.2) is 6.04 Å². The van der Waals surface area contributed by atoms with Gasteiger partial charge in [0.25, 0.3) is 0 Å². The minimum absolute atomic E-state index is 0.636. The molecule has 104 valence electrons. The fourth-order valence-corrected chi connectivity index (χ4v) is 3.27. The van der Waals surface area contributed by atoms with Gasteiger partial charge in [-0.3, -0.25) is 0 Å². The molecule has 0 aromatic heterocycles. The summed E-state index contributed by atoms with van der Waals surface area (Å²) < 4.78 is 0. The fourth-order valence-electron chi connectivity index (χ4n) is 3.27. The number of benzene rings is 2. The number of hydrogen-bond donors (Lipinski definition) is 1. The molecule has 0 heterocycles. The van der Waals surface area contributed by atoms with Gasteiger partial charge >= 0.3 is 0 Å². The second-order valence-electron chi connectivity index (χ2n) is 5.97. The Hall–Kier alpha value is -1.76. The minimum atomic E-state index is 0.636. The number of hydrogen-bond acceptors (Lipinski definition) is 1. The van der Waals surface area contributed by atoms with E-state index in [0.717, 1.165) is 5.92 Å². The SMILES string of the molecule is Cc1cccc(NC2CCC(c3ccccc3)CC2)c1. The zero-order valence-corrected chi connectivity index (χ0v) is 12.2. The van der Waals surface area contributed by atoms with Crippen LogP contribution in [-0.2, 0) is 0 Å². The molecule has 1 fully saturated rings. The predicted octanol–water partition coefficient (Wildman–Crippen LogP) is 5.13. The molecule has 0 spiro atoms. The fraction of sp³-hybridized carbons (Fsp3) is 0.368. The average Bonchev–Trinajstić information content (AvgIpc) is 2.49. The van der Waals surface area contributed by atoms with Crippen LogP contribution in [0.15, 0.2) is 54.6 Å². The van der Waals surface area contributed by atoms with Crippen molar-refractivity contribution in [1.29, 1.82) is 0 Å². The molecular formula is C19H23N. The molecule has 1 heteroatoms. The van der Waals surface area contributed by atoms with Crippen LogP contribution >= 0.6 is 0 Å². The molecule has 3 rings (SSSR count). The first-order valence-corrected chi connectivity index (χ1v) is 7.69. The highest BCUT2D eigenvalue weighted by atomic mass is 14.9. The highest BCUT2D eigenvalue weighted by Gasteiger charge is 2.21. The van der Waals surface area contributed by atoms with Crippen LogP contribution in [0.25, 0.3) is 0 Å². The Balaban J connectivity index is 1.56. The third-order valence-corrected chi connectivity index (χ3v) is 4.39. The number of aryl methyl sites for hydroxylation is 1. The van der Waals surface area contributed by atoms with Crippen LogP contribution in [0.5, 0.6) is 0 Å². The summed E-state index contributed by atoms with van der Waals surface area (Å²) >= 11 is 0. The molecule has 0 saturated heterocycles. The van der Waals surface area contributed by atoms with Gasteiger partial charge in [-0.05, 0) is 61.8 Å². The molecule has 2 aromatic rings. The van der Waals surface area contributed by atoms with E-state index in [0.29, 0.717) is 6.04 Å². The zero-order chi connectivity index (χ0) is 13.8. The normalized spacial score (nSPS) is 22.4. The monoisotopic (exact) mass is 265 g/mol. The molecule has 1 aliphatic carbocycles. The molecule has 1 aliphatic rings. The lowest BCUT2D eigenvalue weighted by Gasteiger charge is -2.30. The maximum Gasteiger partial charge on any atom is 0.0344 e. The Morgan fingerprint density at radius 2 is 1.60 bits per heavy atom. The zero-order valence-electron chi connectivity index (χ0n) is 12.2. The van der Waals surface area contributed by atoms with Crippen molar-refractivity contribution in [3.63, 3.8) is 0 Å². The molecule has 1 N–H and O–H groups in total. The highest BCUT2D eigenvalue weighted by Crippen LogP contribution is 2.33. The molecule has 0 aliphatic heterocycles. The van der Waals surface area contributed by atoms with E-state index in [-0.39, 0.29) is 0 Å². The molecule has 20 heavy (non-hydrogen) atoms. The second kappa shape index (κ2) is 6.13. The van der Waals surface area contributed by atoms with E-state index in [1.54, 1.807) is 0 Å². The van der Waals surface area contributed by atoms with Gasteiger partial charge in [0.1, 0.15) is 0 Å². The Labute approximate surface area is 122 Å². The van der Waals surface area contributed by atoms with Gasteiger partial charge in [-0.2, -0.15) is 0 Å². The predicted molar refractivity (Wildman–Crippen MR) is 86.2 cm³/mol. The minimum Gasteiger partial charge on any atom is -0.382 e. The molecule has 2 aromatic carbocycles. The molecule has 1 saturated carbocycles. The van der Waals surface area contributed by atoms with Crippen molar-refractivity contribution >= 4 is 5.69 Å². The first-order valence-electron chi connectivity index (χ1n) is 7.69. The average molecular weight is 265 g/mol. The summed E-state index contributed by atoms with van der Waals surface area (Å²) in [4.78, 5) is 0. The van der Waals surface area contributed by atoms with Crippen LogP contribution in [0.4, 0.5) is 5.69 Å². The lowest BCUT2D eigenvalue weighted by Crippen LogP contribution is -2.25. The van der Waals surface area contributed by atoms with Crippen molar-refractivity contribution in [2.24, 2.45) is 0 Å². The Morgan fingerprint density at radius 1 is 0.850 bits per heavy atom. The quantitative estimate of drug-likeness (QED) is 0.811. The first kappa shape index (κ1) is 13.2. The van der Waals surface area contributed by atoms with Gasteiger partial charge in [0.15, 0.2) is 0 Å². The highest BCUT2D eigenvalue weighted by molar-refractivity contribution is 5.46. The summed E-state index contributed by atoms with van der Waals surface area (Å²) in [5, 5.41) is 3.69. The van der Waals surface area contributed by atoms with Crippen LogP contribution in [0.1, 0.15) is 42.7 Å². The Morgan fingerprint density at radius 3 is 2.30 bits per heavy atom. The number of rotatable bonds is 3. The standard InChI is InChI=1S/C19H23N/c1-15-6-5-9-19(14-15)20-18-12-10-17(11-13-18)16-7-3-2-4-8-16/h2-9,14,17-18,20H,10-13H2,1H3. The molecule has 0 radical (unpaired) electrons. The number of anilines is 1. The summed E-state index contributed by atoms with van der Waals surface area (Å²) in [7, 11) is 0. The topological polar surface area (TPSA) is 12.0 Å². The first-order chi connectivity index (χ1) is 9.81. The van der Waals surface area contributed by atoms with E-state index in [9.17, 15) is 0 Å². The van der Waals surface area contributed by atoms with E-state index in [2.05, 4.69) is 66.8 Å². The maximum atomic E-state index is 3.69. The van der Waals surface area contributed by atoms with E-state index in [1.807, 2.05) is 0 Å². The molecule has 0 atom stereocenters. The molecular weight excluding hydrogens is 242 g/mol. The molecule has 0 unspecified atom stereocenters. The van der Waals surface area contributed by atoms with Crippen molar-refractivity contribution in [2.75, 3.05) is 5.32 Å². The lowest BCUT2D eigenvalue weighted by atomic mass is 9.82. The largest absolute Gasteiger partial charge is 0.382 e. The Bertz CT molecular complexity index is 539. The van der Waals surface area contributed by atoms with Crippen molar-refractivity contribution in [1.82, 2.24) is 0 Å². The smallest absolute Gasteiger partial charge is 0.0344 e. The van der Waals surface area contributed by atoms with Gasteiger partial charge in [0, 0.05) is 11.7 Å². The van der Waals surface area contributed by atoms with Crippen molar-refractivity contribution in [3.8, 4) is 0 Å². The van der Waals surface area contributed by atoms with Crippen LogP contribution in [0.2, 0.25) is 0 Å². The third kappa shape index (κ3) is 3.22. The molecule has 1 nitrogen and oxygen atoms in total. The van der Waals surface area contributed by atoms with E-state index < -0.39 is 0 Å². The van der Waals surface area contributed by atoms with Crippen LogP contribution in [0.3, 0.4) is 0 Å². The second-order valence-corrected chi connectivity index (χ2v) is 5.97. The molecule has 0 bridgehead atoms. The Kier molecular flexibility index (Phi) is 4.05. The van der Waals surface area contributed by atoms with E-state index in [1.165, 1.54) is 42.5 Å². The van der Waals surface area contributed by atoms with Gasteiger partial charge in [-0.25, -0.2) is 0 Å². The van der Waals surface area contributed by atoms with Crippen LogP contribution < -0.4 is 5.32 Å². The van der Waals surface area contributed by atoms with Gasteiger partial charge in [0.05, 0.1) is 0 Å². The third-order valence-electron chi connectivity index (χ3n) is 4.39. The van der Waals surface area contributed by atoms with Crippen molar-refractivity contribution in [3.05, 3.63) is 65.7 Å². The summed E-state index contributed by atoms with van der Waals surface area (Å²) in [5.74, 6) is 0.756. The van der Waals surface area contributed by atoms with Gasteiger partial charge in [0.2, 0.25) is 0 Å². The van der Waals surface area contributed by atoms with E-state index >= 15 is 0 Å². The van der Waals surface area contributed by atoms with Gasteiger partial charge < -0.3 is 5.32 Å². The summed E-state index contributed by atoms with van der Waals surface area (Å²) in [6, 6.07) is 20.3. The summed E-state index contributed by atoms with van der Waals surface area (Å²) in [6.07, 6.45) is 5.14. The molecule has 0 amide bonds. The summed E-state index contributed by atoms with van der Waals surface area (Å²) in [5.41, 5.74) is 4.11. The van der Waals surface area contributed by atoms with E-state index in [4.69, 9.17) is 0 Å². The van der Waals surface area contributed by atoms with Crippen LogP contribution in [0, 0.1) is 6.92 Å². The van der Waals surface area contributed by atoms with Gasteiger partial charge in [-0.15, -0.1) is 0 Å². The maximum absolute atomic E-state index is 3.69. The van der Waals surface area contributed by atoms with Crippen molar-refractivity contribution < 1.29 is 0 Å². The summed E-state index contributed by atoms with van der Waals surface area (Å²) in [6.45, 7) is 2.15. The van der Waals surface area contributed by atoms with Crippen molar-refractivity contribution in [2.45, 2.75) is 44.6 Å². The number of nitrogens with one attached hydrogen (secondary N) is 1. The van der Waals surface area contributed by atoms with Gasteiger partial charge in [-0.1, -0.05) is 42.5 Å². The lowest BCUT2D eigenvalue weighted by molar-refractivity contribution is 0.412.